The number of hydrogen-bond acceptors (Lipinski definition) is 5. The van der Waals surface area contributed by atoms with E-state index in [1.165, 1.54) is 6.07 Å². The van der Waals surface area contributed by atoms with E-state index < -0.39 is 5.78 Å². The fourth-order valence-electron chi connectivity index (χ4n) is 3.63. The highest BCUT2D eigenvalue weighted by Crippen LogP contribution is 2.41. The zero-order valence-corrected chi connectivity index (χ0v) is 15.2. The summed E-state index contributed by atoms with van der Waals surface area (Å²) in [4.78, 5) is 16.8. The summed E-state index contributed by atoms with van der Waals surface area (Å²) in [7, 11) is 0. The number of aromatic hydroxyl groups is 2. The second-order valence-electron chi connectivity index (χ2n) is 6.86. The summed E-state index contributed by atoms with van der Waals surface area (Å²) < 4.78 is 7.74. The Morgan fingerprint density at radius 2 is 1.86 bits per heavy atom. The smallest absolute Gasteiger partial charge is 0.235 e. The Bertz CT molecular complexity index is 1290. The Hall–Kier alpha value is -4.06. The molecule has 0 saturated carbocycles. The number of para-hydroxylation sites is 1. The molecule has 0 bridgehead atoms. The first-order valence-electron chi connectivity index (χ1n) is 9.07. The predicted octanol–water partition coefficient (Wildman–Crippen LogP) is 4.11. The van der Waals surface area contributed by atoms with Crippen molar-refractivity contribution in [3.8, 4) is 17.2 Å². The van der Waals surface area contributed by atoms with Crippen LogP contribution in [0.2, 0.25) is 0 Å². The van der Waals surface area contributed by atoms with Gasteiger partial charge in [-0.25, -0.2) is 0 Å². The quantitative estimate of drug-likeness (QED) is 0.519. The lowest BCUT2D eigenvalue weighted by Gasteiger charge is -2.04. The van der Waals surface area contributed by atoms with Gasteiger partial charge in [-0.2, -0.15) is 0 Å². The van der Waals surface area contributed by atoms with Crippen molar-refractivity contribution in [2.24, 2.45) is 0 Å². The van der Waals surface area contributed by atoms with Gasteiger partial charge in [0.1, 0.15) is 22.8 Å². The number of Topliss-reactive ketones (excluding diaryl/α,β-unsaturated/α-hetero) is 1. The number of hydrogen-bond donors (Lipinski definition) is 2. The van der Waals surface area contributed by atoms with Gasteiger partial charge < -0.3 is 19.5 Å². The molecule has 2 aromatic heterocycles. The van der Waals surface area contributed by atoms with E-state index in [9.17, 15) is 15.0 Å². The molecule has 4 aromatic rings. The summed E-state index contributed by atoms with van der Waals surface area (Å²) >= 11 is 0. The van der Waals surface area contributed by atoms with Gasteiger partial charge in [-0.3, -0.25) is 9.78 Å². The molecule has 0 saturated heterocycles. The Kier molecular flexibility index (Phi) is 3.84. The molecule has 142 valence electrons. The van der Waals surface area contributed by atoms with Gasteiger partial charge >= 0.3 is 0 Å². The predicted molar refractivity (Wildman–Crippen MR) is 108 cm³/mol. The average Bonchev–Trinajstić information content (AvgIpc) is 3.21. The first kappa shape index (κ1) is 17.1. The molecule has 0 aliphatic carbocycles. The van der Waals surface area contributed by atoms with E-state index in [1.807, 2.05) is 42.6 Å². The Labute approximate surface area is 165 Å². The number of benzene rings is 2. The van der Waals surface area contributed by atoms with Gasteiger partial charge in [-0.1, -0.05) is 18.2 Å². The minimum absolute atomic E-state index is 0.0644. The van der Waals surface area contributed by atoms with Gasteiger partial charge in [0.15, 0.2) is 5.76 Å². The molecule has 2 aromatic carbocycles. The molecule has 6 heteroatoms. The summed E-state index contributed by atoms with van der Waals surface area (Å²) in [6.45, 7) is 0.663. The zero-order chi connectivity index (χ0) is 20.0. The second-order valence-corrected chi connectivity index (χ2v) is 6.86. The van der Waals surface area contributed by atoms with Gasteiger partial charge in [0.05, 0.1) is 0 Å². The lowest BCUT2D eigenvalue weighted by molar-refractivity contribution is 0.101. The standard InChI is InChI=1S/C23H16N2O4/c26-16-10-19(27)22-20(11-16)29-21(23(22)28)9-15-13-25(12-14-5-7-24-8-6-14)18-4-2-1-3-17(15)18/h1-11,13,26-27H,12H2. The molecule has 5 rings (SSSR count). The van der Waals surface area contributed by atoms with Gasteiger partial charge in [-0.05, 0) is 29.8 Å². The maximum Gasteiger partial charge on any atom is 0.235 e. The molecule has 6 nitrogen and oxygen atoms in total. The first-order chi connectivity index (χ1) is 14.1. The van der Waals surface area contributed by atoms with Crippen LogP contribution in [0.1, 0.15) is 21.5 Å². The van der Waals surface area contributed by atoms with Crippen LogP contribution >= 0.6 is 0 Å². The maximum atomic E-state index is 12.7. The zero-order valence-electron chi connectivity index (χ0n) is 15.2. The van der Waals surface area contributed by atoms with E-state index in [-0.39, 0.29) is 28.6 Å². The minimum Gasteiger partial charge on any atom is -0.508 e. The number of pyridine rings is 1. The molecular weight excluding hydrogens is 368 g/mol. The monoisotopic (exact) mass is 384 g/mol. The first-order valence-corrected chi connectivity index (χ1v) is 9.07. The average molecular weight is 384 g/mol. The topological polar surface area (TPSA) is 84.6 Å². The van der Waals surface area contributed by atoms with Crippen molar-refractivity contribution in [1.29, 1.82) is 0 Å². The molecule has 0 amide bonds. The number of phenols is 2. The molecule has 0 radical (unpaired) electrons. The van der Waals surface area contributed by atoms with Crippen LogP contribution in [0.4, 0.5) is 0 Å². The van der Waals surface area contributed by atoms with E-state index in [1.54, 1.807) is 18.5 Å². The van der Waals surface area contributed by atoms with Gasteiger partial charge in [0, 0.05) is 53.7 Å². The van der Waals surface area contributed by atoms with Crippen LogP contribution < -0.4 is 4.74 Å². The fourth-order valence-corrected chi connectivity index (χ4v) is 3.63. The summed E-state index contributed by atoms with van der Waals surface area (Å²) in [6.07, 6.45) is 7.15. The summed E-state index contributed by atoms with van der Waals surface area (Å²) in [6, 6.07) is 14.3. The number of rotatable bonds is 3. The molecule has 0 spiro atoms. The van der Waals surface area contributed by atoms with Crippen LogP contribution in [-0.2, 0) is 6.54 Å². The highest BCUT2D eigenvalue weighted by molar-refractivity contribution is 6.16. The Morgan fingerprint density at radius 1 is 1.07 bits per heavy atom. The van der Waals surface area contributed by atoms with Gasteiger partial charge in [0.2, 0.25) is 5.78 Å². The maximum absolute atomic E-state index is 12.7. The largest absolute Gasteiger partial charge is 0.508 e. The SMILES string of the molecule is O=C1C(=Cc2cn(Cc3ccncc3)c3ccccc23)Oc2cc(O)cc(O)c21. The highest BCUT2D eigenvalue weighted by atomic mass is 16.5. The number of nitrogens with zero attached hydrogens (tertiary/aromatic N) is 2. The van der Waals surface area contributed by atoms with Crippen LogP contribution in [0.15, 0.2) is 72.9 Å². The van der Waals surface area contributed by atoms with E-state index >= 15 is 0 Å². The third kappa shape index (κ3) is 2.91. The van der Waals surface area contributed by atoms with Crippen LogP contribution in [0.3, 0.4) is 0 Å². The van der Waals surface area contributed by atoms with Crippen molar-refractivity contribution in [2.75, 3.05) is 0 Å². The Morgan fingerprint density at radius 3 is 2.69 bits per heavy atom. The summed E-state index contributed by atoms with van der Waals surface area (Å²) in [5, 5.41) is 20.6. The minimum atomic E-state index is -0.413. The van der Waals surface area contributed by atoms with E-state index in [2.05, 4.69) is 9.55 Å². The summed E-state index contributed by atoms with van der Waals surface area (Å²) in [5.41, 5.74) is 3.03. The molecule has 29 heavy (non-hydrogen) atoms. The highest BCUT2D eigenvalue weighted by Gasteiger charge is 2.31. The summed E-state index contributed by atoms with van der Waals surface area (Å²) in [5.74, 6) is -0.617. The molecule has 1 aliphatic heterocycles. The van der Waals surface area contributed by atoms with Crippen molar-refractivity contribution in [2.45, 2.75) is 6.54 Å². The lowest BCUT2D eigenvalue weighted by atomic mass is 10.1. The molecule has 0 atom stereocenters. The van der Waals surface area contributed by atoms with Crippen LogP contribution in [0.5, 0.6) is 17.2 Å². The molecule has 3 heterocycles. The molecular formula is C23H16N2O4. The second kappa shape index (κ2) is 6.53. The number of ether oxygens (including phenoxy) is 1. The van der Waals surface area contributed by atoms with E-state index in [0.29, 0.717) is 6.54 Å². The molecule has 1 aliphatic rings. The molecule has 0 fully saturated rings. The number of phenolic OH excluding ortho intramolecular Hbond substituents is 2. The molecule has 0 unspecified atom stereocenters. The van der Waals surface area contributed by atoms with Crippen molar-refractivity contribution < 1.29 is 19.7 Å². The van der Waals surface area contributed by atoms with Crippen LogP contribution in [0, 0.1) is 0 Å². The van der Waals surface area contributed by atoms with Crippen molar-refractivity contribution >= 4 is 22.8 Å². The molecule has 2 N–H and O–H groups in total. The number of fused-ring (bicyclic) bond motifs is 2. The van der Waals surface area contributed by atoms with Gasteiger partial charge in [0.25, 0.3) is 0 Å². The normalized spacial score (nSPS) is 14.3. The third-order valence-corrected chi connectivity index (χ3v) is 4.95. The number of carbonyl (C=O) groups is 1. The van der Waals surface area contributed by atoms with Crippen molar-refractivity contribution in [3.63, 3.8) is 0 Å². The number of ketones is 1. The van der Waals surface area contributed by atoms with E-state index in [0.717, 1.165) is 28.1 Å². The Balaban J connectivity index is 1.58. The number of carbonyl (C=O) groups excluding carboxylic acids is 1. The lowest BCUT2D eigenvalue weighted by Crippen LogP contribution is -1.99. The fraction of sp³-hybridized carbons (Fsp3) is 0.0435. The van der Waals surface area contributed by atoms with E-state index in [4.69, 9.17) is 4.74 Å². The van der Waals surface area contributed by atoms with Gasteiger partial charge in [-0.15, -0.1) is 0 Å². The third-order valence-electron chi connectivity index (χ3n) is 4.95. The van der Waals surface area contributed by atoms with Crippen molar-refractivity contribution in [3.05, 3.63) is 89.6 Å². The number of allylic oxidation sites excluding steroid dienone is 1. The van der Waals surface area contributed by atoms with Crippen LogP contribution in [-0.4, -0.2) is 25.5 Å². The van der Waals surface area contributed by atoms with Crippen molar-refractivity contribution in [1.82, 2.24) is 9.55 Å². The van der Waals surface area contributed by atoms with Crippen LogP contribution in [0.25, 0.3) is 17.0 Å². The number of aromatic nitrogens is 2.